The molecule has 4 nitrogen and oxygen atoms in total. The highest BCUT2D eigenvalue weighted by Crippen LogP contribution is 2.37. The minimum absolute atomic E-state index is 0.00180. The molecule has 1 rings (SSSR count). The van der Waals surface area contributed by atoms with Crippen LogP contribution in [0, 0.1) is 0 Å². The molecule has 0 saturated carbocycles. The van der Waals surface area contributed by atoms with Gasteiger partial charge in [0.05, 0.1) is 33.0 Å². The summed E-state index contributed by atoms with van der Waals surface area (Å²) in [6.45, 7) is 12.3. The van der Waals surface area contributed by atoms with E-state index in [-0.39, 0.29) is 17.7 Å². The fraction of sp³-hybridized carbons (Fsp3) is 0.600. The minimum Gasteiger partial charge on any atom is -0.497 e. The Morgan fingerprint density at radius 3 is 2.28 bits per heavy atom. The Morgan fingerprint density at radius 2 is 1.76 bits per heavy atom. The molecule has 0 aliphatic heterocycles. The van der Waals surface area contributed by atoms with E-state index in [2.05, 4.69) is 33.9 Å². The number of rotatable bonds is 10. The second kappa shape index (κ2) is 10.1. The highest BCUT2D eigenvalue weighted by molar-refractivity contribution is 6.74. The van der Waals surface area contributed by atoms with Gasteiger partial charge in [-0.2, -0.15) is 0 Å². The molecular weight excluding hydrogens is 332 g/mol. The molecule has 0 spiro atoms. The second-order valence-electron chi connectivity index (χ2n) is 7.75. The number of hydrogen-bond donors (Lipinski definition) is 1. The van der Waals surface area contributed by atoms with Crippen molar-refractivity contribution in [2.75, 3.05) is 20.3 Å². The highest BCUT2D eigenvalue weighted by atomic mass is 28.4. The molecule has 0 unspecified atom stereocenters. The standard InChI is InChI=1S/C20H34O4Si/c1-20(2,3)25(5,6)24-19(9-7-8-14-21)16-23-15-17-10-12-18(22-4)13-11-17/h7-8,10-13,19,21H,9,14-16H2,1-6H3/b8-7+/t19-/m0/s1. The van der Waals surface area contributed by atoms with E-state index in [0.29, 0.717) is 13.2 Å². The van der Waals surface area contributed by atoms with E-state index in [1.807, 2.05) is 30.3 Å². The lowest BCUT2D eigenvalue weighted by Crippen LogP contribution is -2.45. The average Bonchev–Trinajstić information content (AvgIpc) is 2.54. The largest absolute Gasteiger partial charge is 0.497 e. The van der Waals surface area contributed by atoms with E-state index < -0.39 is 8.32 Å². The van der Waals surface area contributed by atoms with Gasteiger partial charge in [0, 0.05) is 0 Å². The van der Waals surface area contributed by atoms with E-state index in [1.165, 1.54) is 0 Å². The summed E-state index contributed by atoms with van der Waals surface area (Å²) in [7, 11) is -0.202. The van der Waals surface area contributed by atoms with Crippen LogP contribution < -0.4 is 4.74 Å². The lowest BCUT2D eigenvalue weighted by Gasteiger charge is -2.39. The summed E-state index contributed by atoms with van der Waals surface area (Å²) >= 11 is 0. The Kier molecular flexibility index (Phi) is 8.86. The van der Waals surface area contributed by atoms with Crippen LogP contribution in [0.25, 0.3) is 0 Å². The van der Waals surface area contributed by atoms with Gasteiger partial charge in [-0.25, -0.2) is 0 Å². The molecule has 0 aromatic heterocycles. The first-order chi connectivity index (χ1) is 11.7. The third-order valence-electron chi connectivity index (χ3n) is 4.67. The van der Waals surface area contributed by atoms with Crippen LogP contribution in [-0.2, 0) is 15.8 Å². The maximum absolute atomic E-state index is 8.95. The molecule has 0 saturated heterocycles. The van der Waals surface area contributed by atoms with Crippen molar-refractivity contribution in [3.05, 3.63) is 42.0 Å². The van der Waals surface area contributed by atoms with Crippen LogP contribution >= 0.6 is 0 Å². The van der Waals surface area contributed by atoms with Crippen molar-refractivity contribution in [1.82, 2.24) is 0 Å². The van der Waals surface area contributed by atoms with Gasteiger partial charge in [-0.05, 0) is 42.2 Å². The van der Waals surface area contributed by atoms with Gasteiger partial charge in [-0.3, -0.25) is 0 Å². The Hall–Kier alpha value is -1.14. The fourth-order valence-corrected chi connectivity index (χ4v) is 3.45. The first-order valence-electron chi connectivity index (χ1n) is 8.84. The van der Waals surface area contributed by atoms with Crippen LogP contribution in [0.2, 0.25) is 18.1 Å². The number of benzene rings is 1. The fourth-order valence-electron chi connectivity index (χ4n) is 2.10. The topological polar surface area (TPSA) is 47.9 Å². The summed E-state index contributed by atoms with van der Waals surface area (Å²) in [5.74, 6) is 0.844. The smallest absolute Gasteiger partial charge is 0.192 e. The zero-order chi connectivity index (χ0) is 18.9. The second-order valence-corrected chi connectivity index (χ2v) is 12.5. The molecule has 0 aliphatic rings. The van der Waals surface area contributed by atoms with Crippen LogP contribution in [-0.4, -0.2) is 39.9 Å². The molecule has 5 heteroatoms. The molecule has 0 aliphatic carbocycles. The maximum Gasteiger partial charge on any atom is 0.192 e. The van der Waals surface area contributed by atoms with Crippen LogP contribution in [0.3, 0.4) is 0 Å². The number of ether oxygens (including phenoxy) is 2. The molecule has 142 valence electrons. The predicted octanol–water partition coefficient (Wildman–Crippen LogP) is 4.54. The summed E-state index contributed by atoms with van der Waals surface area (Å²) in [5.41, 5.74) is 1.11. The van der Waals surface area contributed by atoms with E-state index >= 15 is 0 Å². The van der Waals surface area contributed by atoms with Crippen LogP contribution in [0.5, 0.6) is 5.75 Å². The first kappa shape index (κ1) is 21.9. The number of methoxy groups -OCH3 is 1. The van der Waals surface area contributed by atoms with Crippen LogP contribution in [0.1, 0.15) is 32.8 Å². The SMILES string of the molecule is COc1ccc(COC[C@H](C/C=C/CO)O[Si](C)(C)C(C)(C)C)cc1. The molecule has 1 atom stereocenters. The quantitative estimate of drug-likeness (QED) is 0.488. The van der Waals surface area contributed by atoms with Gasteiger partial charge in [0.2, 0.25) is 0 Å². The summed E-state index contributed by atoms with van der Waals surface area (Å²) in [6.07, 6.45) is 4.47. The molecule has 1 aromatic rings. The summed E-state index contributed by atoms with van der Waals surface area (Å²) in [4.78, 5) is 0. The molecule has 0 amide bonds. The van der Waals surface area contributed by atoms with Gasteiger partial charge < -0.3 is 19.0 Å². The summed E-state index contributed by atoms with van der Waals surface area (Å²) < 4.78 is 17.6. The minimum atomic E-state index is -1.86. The average molecular weight is 367 g/mol. The van der Waals surface area contributed by atoms with Gasteiger partial charge in [-0.15, -0.1) is 0 Å². The van der Waals surface area contributed by atoms with Crippen molar-refractivity contribution < 1.29 is 19.0 Å². The summed E-state index contributed by atoms with van der Waals surface area (Å²) in [6, 6.07) is 7.89. The van der Waals surface area contributed by atoms with Crippen molar-refractivity contribution >= 4 is 8.32 Å². The monoisotopic (exact) mass is 366 g/mol. The van der Waals surface area contributed by atoms with Gasteiger partial charge >= 0.3 is 0 Å². The third-order valence-corrected chi connectivity index (χ3v) is 9.21. The molecule has 0 heterocycles. The first-order valence-corrected chi connectivity index (χ1v) is 11.7. The van der Waals surface area contributed by atoms with Crippen LogP contribution in [0.4, 0.5) is 0 Å². The number of aliphatic hydroxyl groups is 1. The van der Waals surface area contributed by atoms with E-state index in [0.717, 1.165) is 17.7 Å². The predicted molar refractivity (Wildman–Crippen MR) is 106 cm³/mol. The third kappa shape index (κ3) is 7.73. The molecular formula is C20H34O4Si. The Morgan fingerprint density at radius 1 is 1.12 bits per heavy atom. The lowest BCUT2D eigenvalue weighted by atomic mass is 10.2. The van der Waals surface area contributed by atoms with Gasteiger partial charge in [0.25, 0.3) is 0 Å². The van der Waals surface area contributed by atoms with Crippen LogP contribution in [0.15, 0.2) is 36.4 Å². The van der Waals surface area contributed by atoms with Gasteiger partial charge in [0.1, 0.15) is 5.75 Å². The Labute approximate surface area is 153 Å². The van der Waals surface area contributed by atoms with Crippen molar-refractivity contribution in [2.45, 2.75) is 58.0 Å². The molecule has 0 bridgehead atoms. The highest BCUT2D eigenvalue weighted by Gasteiger charge is 2.38. The zero-order valence-corrected chi connectivity index (χ0v) is 17.5. The zero-order valence-electron chi connectivity index (χ0n) is 16.5. The molecule has 0 radical (unpaired) electrons. The van der Waals surface area contributed by atoms with Crippen molar-refractivity contribution in [2.24, 2.45) is 0 Å². The van der Waals surface area contributed by atoms with Gasteiger partial charge in [0.15, 0.2) is 8.32 Å². The number of hydrogen-bond acceptors (Lipinski definition) is 4. The molecule has 1 N–H and O–H groups in total. The van der Waals surface area contributed by atoms with Crippen molar-refractivity contribution in [1.29, 1.82) is 0 Å². The summed E-state index contributed by atoms with van der Waals surface area (Å²) in [5, 5.41) is 9.10. The van der Waals surface area contributed by atoms with Crippen molar-refractivity contribution in [3.8, 4) is 5.75 Å². The molecule has 0 fully saturated rings. The maximum atomic E-state index is 8.95. The van der Waals surface area contributed by atoms with Crippen molar-refractivity contribution in [3.63, 3.8) is 0 Å². The van der Waals surface area contributed by atoms with E-state index in [9.17, 15) is 0 Å². The molecule has 1 aromatic carbocycles. The number of aliphatic hydroxyl groups excluding tert-OH is 1. The van der Waals surface area contributed by atoms with Gasteiger partial charge in [-0.1, -0.05) is 45.1 Å². The molecule has 25 heavy (non-hydrogen) atoms. The normalized spacial score (nSPS) is 14.0. The lowest BCUT2D eigenvalue weighted by molar-refractivity contribution is 0.0358. The Balaban J connectivity index is 2.61. The Bertz CT molecular complexity index is 517. The van der Waals surface area contributed by atoms with E-state index in [4.69, 9.17) is 19.0 Å². The van der Waals surface area contributed by atoms with E-state index in [1.54, 1.807) is 13.2 Å².